The molecule has 1 spiro atoms. The van der Waals surface area contributed by atoms with Gasteiger partial charge >= 0.3 is 6.03 Å². The number of nitrogens with one attached hydrogen (secondary N) is 1. The Morgan fingerprint density at radius 2 is 1.69 bits per heavy atom. The molecule has 3 aromatic rings. The van der Waals surface area contributed by atoms with Crippen molar-refractivity contribution in [2.45, 2.75) is 19.4 Å². The maximum Gasteiger partial charge on any atom is 0.335 e. The molecule has 0 bridgehead atoms. The van der Waals surface area contributed by atoms with Crippen LogP contribution in [0.5, 0.6) is 0 Å². The van der Waals surface area contributed by atoms with Crippen LogP contribution in [-0.2, 0) is 16.0 Å². The lowest BCUT2D eigenvalue weighted by Gasteiger charge is -2.50. The van der Waals surface area contributed by atoms with Gasteiger partial charge in [0, 0.05) is 31.3 Å². The Kier molecular flexibility index (Phi) is 5.12. The van der Waals surface area contributed by atoms with Gasteiger partial charge in [0.05, 0.1) is 16.7 Å². The van der Waals surface area contributed by atoms with Gasteiger partial charge < -0.3 is 4.90 Å². The first-order valence-electron chi connectivity index (χ1n) is 11.1. The van der Waals surface area contributed by atoms with E-state index >= 15 is 0 Å². The molecule has 0 radical (unpaired) electrons. The van der Waals surface area contributed by atoms with Gasteiger partial charge in [-0.25, -0.2) is 9.69 Å². The summed E-state index contributed by atoms with van der Waals surface area (Å²) in [4.78, 5) is 54.5. The lowest BCUT2D eigenvalue weighted by Crippen LogP contribution is -2.69. The van der Waals surface area contributed by atoms with E-state index in [1.165, 1.54) is 12.1 Å². The van der Waals surface area contributed by atoms with Crippen LogP contribution in [-0.4, -0.2) is 29.8 Å². The van der Waals surface area contributed by atoms with Gasteiger partial charge in [-0.05, 0) is 36.2 Å². The monoisotopic (exact) mass is 470 g/mol. The third-order valence-corrected chi connectivity index (χ3v) is 6.80. The fourth-order valence-electron chi connectivity index (χ4n) is 5.16. The number of imide groups is 2. The Hall–Kier alpha value is -4.53. The van der Waals surface area contributed by atoms with Crippen LogP contribution in [0.15, 0.2) is 72.8 Å². The van der Waals surface area contributed by atoms with Crippen LogP contribution >= 0.6 is 0 Å². The molecule has 0 aromatic heterocycles. The van der Waals surface area contributed by atoms with Crippen molar-refractivity contribution in [1.29, 1.82) is 0 Å². The largest absolute Gasteiger partial charge is 0.366 e. The number of barbiturate groups is 1. The molecule has 3 aromatic carbocycles. The number of hydrogen-bond acceptors (Lipinski definition) is 6. The number of carbonyl (C=O) groups is 3. The normalized spacial score (nSPS) is 21.7. The molecule has 0 saturated carbocycles. The highest BCUT2D eigenvalue weighted by Gasteiger charge is 2.62. The summed E-state index contributed by atoms with van der Waals surface area (Å²) in [6, 6.07) is 18.8. The van der Waals surface area contributed by atoms with E-state index < -0.39 is 34.2 Å². The standard InChI is InChI=1S/C26H22N4O5/c1-16-8-10-19(11-9-16)29-24(32)26(23(31)27-25(29)33)15-18-14-20(30(34)35)12-13-21(18)28(2)22(26)17-6-4-3-5-7-17/h3-14,22H,15H2,1-2H3,(H,27,31,33)/t22-,26-/m1/s1. The number of fused-ring (bicyclic) bond motifs is 1. The third-order valence-electron chi connectivity index (χ3n) is 6.80. The molecule has 9 nitrogen and oxygen atoms in total. The van der Waals surface area contributed by atoms with Crippen LogP contribution in [0.1, 0.15) is 22.7 Å². The van der Waals surface area contributed by atoms with Gasteiger partial charge in [0.1, 0.15) is 0 Å². The molecule has 4 amide bonds. The van der Waals surface area contributed by atoms with E-state index in [-0.39, 0.29) is 12.1 Å². The van der Waals surface area contributed by atoms with Gasteiger partial charge in [-0.1, -0.05) is 48.0 Å². The minimum Gasteiger partial charge on any atom is -0.366 e. The van der Waals surface area contributed by atoms with Crippen LogP contribution in [0, 0.1) is 22.5 Å². The second kappa shape index (κ2) is 8.05. The first-order chi connectivity index (χ1) is 16.7. The molecule has 1 N–H and O–H groups in total. The number of rotatable bonds is 3. The van der Waals surface area contributed by atoms with Crippen molar-refractivity contribution in [3.8, 4) is 0 Å². The number of nitrogens with zero attached hydrogens (tertiary/aromatic N) is 3. The average Bonchev–Trinajstić information content (AvgIpc) is 2.84. The van der Waals surface area contributed by atoms with Crippen LogP contribution in [0.2, 0.25) is 0 Å². The minimum absolute atomic E-state index is 0.103. The lowest BCUT2D eigenvalue weighted by atomic mass is 9.66. The fraction of sp³-hybridized carbons (Fsp3) is 0.192. The van der Waals surface area contributed by atoms with Gasteiger partial charge in [-0.15, -0.1) is 0 Å². The predicted molar refractivity (Wildman–Crippen MR) is 129 cm³/mol. The van der Waals surface area contributed by atoms with Crippen LogP contribution in [0.25, 0.3) is 0 Å². The zero-order valence-corrected chi connectivity index (χ0v) is 19.1. The highest BCUT2D eigenvalue weighted by molar-refractivity contribution is 6.30. The van der Waals surface area contributed by atoms with Crippen molar-refractivity contribution in [1.82, 2.24) is 5.32 Å². The number of carbonyl (C=O) groups excluding carboxylic acids is 3. The maximum atomic E-state index is 14.3. The molecular weight excluding hydrogens is 448 g/mol. The molecule has 9 heteroatoms. The summed E-state index contributed by atoms with van der Waals surface area (Å²) < 4.78 is 0. The number of amides is 4. The van der Waals surface area contributed by atoms with Gasteiger partial charge in [-0.3, -0.25) is 25.0 Å². The minimum atomic E-state index is -1.74. The molecule has 176 valence electrons. The van der Waals surface area contributed by atoms with Crippen molar-refractivity contribution in [3.05, 3.63) is 99.6 Å². The Labute approximate surface area is 201 Å². The summed E-state index contributed by atoms with van der Waals surface area (Å²) in [5.74, 6) is -1.40. The van der Waals surface area contributed by atoms with Crippen LogP contribution < -0.4 is 15.1 Å². The van der Waals surface area contributed by atoms with Crippen molar-refractivity contribution in [2.24, 2.45) is 5.41 Å². The number of anilines is 2. The zero-order chi connectivity index (χ0) is 24.9. The Bertz CT molecular complexity index is 1370. The Morgan fingerprint density at radius 1 is 1.00 bits per heavy atom. The molecule has 1 saturated heterocycles. The topological polar surface area (TPSA) is 113 Å². The average molecular weight is 470 g/mol. The third kappa shape index (κ3) is 3.35. The number of hydrogen-bond donors (Lipinski definition) is 1. The second-order valence-electron chi connectivity index (χ2n) is 8.88. The summed E-state index contributed by atoms with van der Waals surface area (Å²) in [5, 5.41) is 13.8. The maximum absolute atomic E-state index is 14.3. The lowest BCUT2D eigenvalue weighted by molar-refractivity contribution is -0.384. The molecular formula is C26H22N4O5. The Morgan fingerprint density at radius 3 is 2.34 bits per heavy atom. The smallest absolute Gasteiger partial charge is 0.335 e. The highest BCUT2D eigenvalue weighted by Crippen LogP contribution is 2.52. The number of non-ortho nitro benzene ring substituents is 1. The number of nitro benzene ring substituents is 1. The quantitative estimate of drug-likeness (QED) is 0.353. The molecule has 2 atom stereocenters. The van der Waals surface area contributed by atoms with Crippen LogP contribution in [0.4, 0.5) is 21.9 Å². The molecule has 1 fully saturated rings. The van der Waals surface area contributed by atoms with Crippen molar-refractivity contribution in [3.63, 3.8) is 0 Å². The number of nitro groups is 1. The number of urea groups is 1. The van der Waals surface area contributed by atoms with Gasteiger partial charge in [0.2, 0.25) is 5.91 Å². The van der Waals surface area contributed by atoms with E-state index in [0.717, 1.165) is 10.5 Å². The molecule has 2 heterocycles. The zero-order valence-electron chi connectivity index (χ0n) is 19.1. The summed E-state index contributed by atoms with van der Waals surface area (Å²) in [7, 11) is 1.75. The van der Waals surface area contributed by atoms with Gasteiger partial charge in [0.15, 0.2) is 5.41 Å². The van der Waals surface area contributed by atoms with E-state index in [4.69, 9.17) is 0 Å². The second-order valence-corrected chi connectivity index (χ2v) is 8.88. The fourth-order valence-corrected chi connectivity index (χ4v) is 5.16. The van der Waals surface area contributed by atoms with Crippen molar-refractivity contribution < 1.29 is 19.3 Å². The van der Waals surface area contributed by atoms with Crippen molar-refractivity contribution in [2.75, 3.05) is 16.8 Å². The molecule has 5 rings (SSSR count). The van der Waals surface area contributed by atoms with Gasteiger partial charge in [-0.2, -0.15) is 0 Å². The summed E-state index contributed by atoms with van der Waals surface area (Å²) >= 11 is 0. The predicted octanol–water partition coefficient (Wildman–Crippen LogP) is 3.91. The highest BCUT2D eigenvalue weighted by atomic mass is 16.6. The summed E-state index contributed by atoms with van der Waals surface area (Å²) in [6.45, 7) is 1.89. The van der Waals surface area contributed by atoms with E-state index in [2.05, 4.69) is 5.32 Å². The summed E-state index contributed by atoms with van der Waals surface area (Å²) in [5.41, 5.74) is 1.28. The molecule has 35 heavy (non-hydrogen) atoms. The molecule has 0 aliphatic carbocycles. The Balaban J connectivity index is 1.74. The summed E-state index contributed by atoms with van der Waals surface area (Å²) in [6.07, 6.45) is -0.103. The SMILES string of the molecule is Cc1ccc(N2C(=O)NC(=O)[C@]3(Cc4cc([N+](=O)[O-])ccc4N(C)[C@@H]3c3ccccc3)C2=O)cc1. The van der Waals surface area contributed by atoms with Crippen molar-refractivity contribution >= 4 is 34.9 Å². The number of benzene rings is 3. The molecule has 2 aliphatic heterocycles. The first kappa shape index (κ1) is 22.3. The number of aryl methyl sites for hydroxylation is 1. The van der Waals surface area contributed by atoms with E-state index in [1.807, 2.05) is 37.3 Å². The van der Waals surface area contributed by atoms with E-state index in [1.54, 1.807) is 42.3 Å². The van der Waals surface area contributed by atoms with E-state index in [9.17, 15) is 24.5 Å². The molecule has 2 aliphatic rings. The van der Waals surface area contributed by atoms with E-state index in [0.29, 0.717) is 22.5 Å². The van der Waals surface area contributed by atoms with Gasteiger partial charge in [0.25, 0.3) is 11.6 Å². The molecule has 0 unspecified atom stereocenters. The van der Waals surface area contributed by atoms with Crippen LogP contribution in [0.3, 0.4) is 0 Å². The first-order valence-corrected chi connectivity index (χ1v) is 11.1.